The molecule has 1 heterocycles. The molecule has 150 valence electrons. The zero-order chi connectivity index (χ0) is 20.8. The summed E-state index contributed by atoms with van der Waals surface area (Å²) >= 11 is 14.0. The number of hydrogen-bond donors (Lipinski definition) is 0. The fourth-order valence-corrected chi connectivity index (χ4v) is 4.17. The number of benzene rings is 3. The van der Waals surface area contributed by atoms with Crippen LogP contribution in [0.1, 0.15) is 5.56 Å². The highest BCUT2D eigenvalue weighted by molar-refractivity contribution is 7.99. The molecule has 4 rings (SSSR count). The molecule has 0 aliphatic heterocycles. The van der Waals surface area contributed by atoms with Crippen molar-refractivity contribution in [3.8, 4) is 17.5 Å². The van der Waals surface area contributed by atoms with Crippen LogP contribution in [0.25, 0.3) is 0 Å². The third-order valence-corrected chi connectivity index (χ3v) is 5.47. The average molecular weight is 456 g/mol. The second-order valence-corrected chi connectivity index (χ2v) is 8.04. The van der Waals surface area contributed by atoms with Gasteiger partial charge in [0.1, 0.15) is 25.0 Å². The predicted octanol–water partition coefficient (Wildman–Crippen LogP) is 6.70. The van der Waals surface area contributed by atoms with Gasteiger partial charge in [-0.3, -0.25) is 0 Å². The Morgan fingerprint density at radius 1 is 0.867 bits per heavy atom. The van der Waals surface area contributed by atoms with Gasteiger partial charge in [0.2, 0.25) is 0 Å². The molecule has 3 aromatic carbocycles. The van der Waals surface area contributed by atoms with Gasteiger partial charge >= 0.3 is 6.01 Å². The molecule has 1 aromatic heterocycles. The molecule has 0 N–H and O–H groups in total. The molecule has 0 atom stereocenters. The highest BCUT2D eigenvalue weighted by Crippen LogP contribution is 2.43. The van der Waals surface area contributed by atoms with E-state index in [0.717, 1.165) is 21.1 Å². The summed E-state index contributed by atoms with van der Waals surface area (Å²) < 4.78 is 11.6. The smallest absolute Gasteiger partial charge is 0.325 e. The first-order chi connectivity index (χ1) is 14.7. The van der Waals surface area contributed by atoms with Crippen LogP contribution >= 0.6 is 35.0 Å². The monoisotopic (exact) mass is 455 g/mol. The Hall–Kier alpha value is -2.80. The van der Waals surface area contributed by atoms with Crippen molar-refractivity contribution in [2.75, 3.05) is 0 Å². The molecule has 0 aliphatic rings. The van der Waals surface area contributed by atoms with E-state index in [0.29, 0.717) is 22.4 Å². The maximum absolute atomic E-state index is 6.36. The highest BCUT2D eigenvalue weighted by atomic mass is 35.5. The maximum Gasteiger partial charge on any atom is 0.325 e. The van der Waals surface area contributed by atoms with Crippen molar-refractivity contribution < 1.29 is 9.47 Å². The van der Waals surface area contributed by atoms with E-state index in [9.17, 15) is 0 Å². The predicted molar refractivity (Wildman–Crippen MR) is 118 cm³/mol. The molecular formula is C22H15Cl2N3O2S. The molecule has 5 nitrogen and oxygen atoms in total. The van der Waals surface area contributed by atoms with Crippen LogP contribution in [0, 0.1) is 0 Å². The second kappa shape index (κ2) is 9.80. The summed E-state index contributed by atoms with van der Waals surface area (Å²) in [5.41, 5.74) is 1.12. The van der Waals surface area contributed by atoms with E-state index in [4.69, 9.17) is 32.7 Å². The number of aromatic nitrogens is 3. The van der Waals surface area contributed by atoms with E-state index in [-0.39, 0.29) is 6.01 Å². The molecule has 0 amide bonds. The number of rotatable bonds is 7. The molecule has 0 unspecified atom stereocenters. The fourth-order valence-electron chi connectivity index (χ4n) is 2.56. The van der Waals surface area contributed by atoms with Gasteiger partial charge < -0.3 is 9.47 Å². The van der Waals surface area contributed by atoms with Gasteiger partial charge in [0.05, 0.1) is 9.92 Å². The Labute approximate surface area is 188 Å². The van der Waals surface area contributed by atoms with Crippen molar-refractivity contribution in [2.24, 2.45) is 0 Å². The van der Waals surface area contributed by atoms with Crippen LogP contribution in [-0.4, -0.2) is 15.0 Å². The molecular weight excluding hydrogens is 441 g/mol. The van der Waals surface area contributed by atoms with Gasteiger partial charge in [-0.15, -0.1) is 0 Å². The topological polar surface area (TPSA) is 57.1 Å². The fraction of sp³-hybridized carbons (Fsp3) is 0.0455. The minimum atomic E-state index is 0.153. The number of nitrogens with zero attached hydrogens (tertiary/aromatic N) is 3. The zero-order valence-electron chi connectivity index (χ0n) is 15.5. The molecule has 0 bridgehead atoms. The molecule has 4 aromatic rings. The third-order valence-electron chi connectivity index (χ3n) is 3.94. The Morgan fingerprint density at radius 3 is 2.33 bits per heavy atom. The average Bonchev–Trinajstić information content (AvgIpc) is 2.77. The van der Waals surface area contributed by atoms with Gasteiger partial charge in [0, 0.05) is 9.92 Å². The van der Waals surface area contributed by atoms with Crippen molar-refractivity contribution in [1.29, 1.82) is 0 Å². The summed E-state index contributed by atoms with van der Waals surface area (Å²) in [6.07, 6.45) is 2.71. The molecule has 0 saturated heterocycles. The third kappa shape index (κ3) is 5.42. The van der Waals surface area contributed by atoms with Crippen LogP contribution in [0.15, 0.2) is 89.2 Å². The number of halogens is 2. The quantitative estimate of drug-likeness (QED) is 0.308. The van der Waals surface area contributed by atoms with Gasteiger partial charge in [0.25, 0.3) is 0 Å². The van der Waals surface area contributed by atoms with Crippen LogP contribution in [0.2, 0.25) is 10.0 Å². The van der Waals surface area contributed by atoms with Crippen molar-refractivity contribution in [3.63, 3.8) is 0 Å². The summed E-state index contributed by atoms with van der Waals surface area (Å²) in [6.45, 7) is 0.515. The second-order valence-electron chi connectivity index (χ2n) is 6.09. The van der Waals surface area contributed by atoms with Gasteiger partial charge in [-0.2, -0.15) is 9.97 Å². The zero-order valence-corrected chi connectivity index (χ0v) is 17.9. The molecule has 0 fully saturated rings. The largest absolute Gasteiger partial charge is 0.489 e. The maximum atomic E-state index is 6.36. The first kappa shape index (κ1) is 20.5. The lowest BCUT2D eigenvalue weighted by atomic mass is 10.2. The summed E-state index contributed by atoms with van der Waals surface area (Å²) in [4.78, 5) is 13.5. The van der Waals surface area contributed by atoms with Gasteiger partial charge in [-0.05, 0) is 42.0 Å². The van der Waals surface area contributed by atoms with Crippen LogP contribution in [0.3, 0.4) is 0 Å². The lowest BCUT2D eigenvalue weighted by Gasteiger charge is -2.12. The lowest BCUT2D eigenvalue weighted by molar-refractivity contribution is 0.306. The number of hydrogen-bond acceptors (Lipinski definition) is 6. The first-order valence-electron chi connectivity index (χ1n) is 8.91. The standard InChI is InChI=1S/C22H15Cl2N3O2S/c23-16-10-19(24)21(29-22-26-13-25-14-27-22)20(11-16)30-18-8-6-17(7-9-18)28-12-15-4-2-1-3-5-15/h1-11,13-14H,12H2. The Morgan fingerprint density at radius 2 is 1.60 bits per heavy atom. The summed E-state index contributed by atoms with van der Waals surface area (Å²) in [5.74, 6) is 1.22. The minimum Gasteiger partial charge on any atom is -0.489 e. The summed E-state index contributed by atoms with van der Waals surface area (Å²) in [5, 5.41) is 0.876. The Balaban J connectivity index is 1.49. The van der Waals surface area contributed by atoms with E-state index in [1.54, 1.807) is 12.1 Å². The van der Waals surface area contributed by atoms with Crippen molar-refractivity contribution in [2.45, 2.75) is 16.4 Å². The van der Waals surface area contributed by atoms with Crippen LogP contribution in [-0.2, 0) is 6.61 Å². The van der Waals surface area contributed by atoms with Gasteiger partial charge in [-0.25, -0.2) is 4.98 Å². The van der Waals surface area contributed by atoms with Crippen LogP contribution < -0.4 is 9.47 Å². The molecule has 0 saturated carbocycles. The molecule has 0 aliphatic carbocycles. The number of ether oxygens (including phenoxy) is 2. The van der Waals surface area contributed by atoms with Gasteiger partial charge in [0.15, 0.2) is 5.75 Å². The van der Waals surface area contributed by atoms with E-state index in [1.807, 2.05) is 54.6 Å². The molecule has 0 radical (unpaired) electrons. The van der Waals surface area contributed by atoms with E-state index >= 15 is 0 Å². The SMILES string of the molecule is Clc1cc(Cl)c(Oc2ncncn2)c(Sc2ccc(OCc3ccccc3)cc2)c1. The summed E-state index contributed by atoms with van der Waals surface area (Å²) in [7, 11) is 0. The van der Waals surface area contributed by atoms with Crippen molar-refractivity contribution in [1.82, 2.24) is 15.0 Å². The van der Waals surface area contributed by atoms with Crippen molar-refractivity contribution >= 4 is 35.0 Å². The van der Waals surface area contributed by atoms with Gasteiger partial charge in [-0.1, -0.05) is 65.3 Å². The van der Waals surface area contributed by atoms with E-state index in [1.165, 1.54) is 24.4 Å². The first-order valence-corrected chi connectivity index (χ1v) is 10.5. The van der Waals surface area contributed by atoms with Crippen LogP contribution in [0.5, 0.6) is 17.5 Å². The Kier molecular flexibility index (Phi) is 6.69. The molecule has 30 heavy (non-hydrogen) atoms. The molecule has 0 spiro atoms. The summed E-state index contributed by atoms with van der Waals surface area (Å²) in [6, 6.07) is 21.3. The normalized spacial score (nSPS) is 10.6. The minimum absolute atomic E-state index is 0.153. The van der Waals surface area contributed by atoms with E-state index in [2.05, 4.69) is 15.0 Å². The molecule has 8 heteroatoms. The Bertz CT molecular complexity index is 1110. The lowest BCUT2D eigenvalue weighted by Crippen LogP contribution is -1.95. The highest BCUT2D eigenvalue weighted by Gasteiger charge is 2.15. The van der Waals surface area contributed by atoms with E-state index < -0.39 is 0 Å². The van der Waals surface area contributed by atoms with Crippen LogP contribution in [0.4, 0.5) is 0 Å². The van der Waals surface area contributed by atoms with Crippen molar-refractivity contribution in [3.05, 3.63) is 95.0 Å².